The van der Waals surface area contributed by atoms with E-state index in [1.165, 1.54) is 6.07 Å². The molecule has 10 nitrogen and oxygen atoms in total. The summed E-state index contributed by atoms with van der Waals surface area (Å²) in [5, 5.41) is 3.57. The number of nitrogens with one attached hydrogen (secondary N) is 1. The lowest BCUT2D eigenvalue weighted by Crippen LogP contribution is -2.36. The van der Waals surface area contributed by atoms with E-state index >= 15 is 4.39 Å². The topological polar surface area (TPSA) is 100.0 Å². The van der Waals surface area contributed by atoms with Crippen molar-refractivity contribution < 1.29 is 28.1 Å². The van der Waals surface area contributed by atoms with Gasteiger partial charge in [0.25, 0.3) is 5.79 Å². The molecule has 1 spiro atoms. The number of piperidine rings is 1. The van der Waals surface area contributed by atoms with Gasteiger partial charge in [-0.2, -0.15) is 0 Å². The van der Waals surface area contributed by atoms with Gasteiger partial charge in [-0.25, -0.2) is 9.37 Å². The van der Waals surface area contributed by atoms with Crippen LogP contribution in [0.5, 0.6) is 11.5 Å². The van der Waals surface area contributed by atoms with E-state index in [0.717, 1.165) is 68.2 Å². The standard InChI is InChI=1S/C35H37ClFN5O5/c1-3-44-30(43)19-38-22-15-25(37)31-27(16-22)42(20-23-9-14-45-23)33(40-31)24-17-35(24)10-12-41(13-11-35)26-5-4-6-28-32(26)47-34(2,46-28)29-8-7-21(36)18-39-29/h4-8,15-16,18,23-24,38H,3,9-14,17,19-20H2,1-2H3/t23-,24-,34?/m0/s1. The van der Waals surface area contributed by atoms with Crippen LogP contribution in [-0.2, 0) is 26.6 Å². The molecule has 1 aliphatic carbocycles. The first-order valence-electron chi connectivity index (χ1n) is 16.3. The summed E-state index contributed by atoms with van der Waals surface area (Å²) in [6, 6.07) is 12.9. The van der Waals surface area contributed by atoms with Crippen LogP contribution in [0.1, 0.15) is 57.0 Å². The third-order valence-electron chi connectivity index (χ3n) is 10.1. The number of carbonyl (C=O) groups is 1. The fourth-order valence-corrected chi connectivity index (χ4v) is 7.46. The second kappa shape index (κ2) is 11.6. The van der Waals surface area contributed by atoms with E-state index in [1.54, 1.807) is 19.2 Å². The van der Waals surface area contributed by atoms with Gasteiger partial charge in [-0.3, -0.25) is 9.78 Å². The van der Waals surface area contributed by atoms with E-state index in [2.05, 4.69) is 25.8 Å². The maximum absolute atomic E-state index is 15.5. The Balaban J connectivity index is 1.01. The molecule has 2 aromatic heterocycles. The molecule has 2 aromatic carbocycles. The zero-order valence-electron chi connectivity index (χ0n) is 26.4. The first-order chi connectivity index (χ1) is 22.7. The highest BCUT2D eigenvalue weighted by Gasteiger charge is 2.58. The van der Waals surface area contributed by atoms with E-state index < -0.39 is 11.6 Å². The number of benzene rings is 2. The van der Waals surface area contributed by atoms with Gasteiger partial charge in [0.2, 0.25) is 0 Å². The number of halogens is 2. The highest BCUT2D eigenvalue weighted by atomic mass is 35.5. The molecule has 8 rings (SSSR count). The molecule has 0 amide bonds. The number of hydrogen-bond donors (Lipinski definition) is 1. The van der Waals surface area contributed by atoms with Crippen LogP contribution in [0.3, 0.4) is 0 Å². The second-order valence-electron chi connectivity index (χ2n) is 13.1. The maximum Gasteiger partial charge on any atom is 0.325 e. The summed E-state index contributed by atoms with van der Waals surface area (Å²) in [6.45, 7) is 6.97. The van der Waals surface area contributed by atoms with Crippen molar-refractivity contribution in [1.82, 2.24) is 14.5 Å². The Morgan fingerprint density at radius 1 is 1.19 bits per heavy atom. The highest BCUT2D eigenvalue weighted by Crippen LogP contribution is 2.65. The molecular formula is C35H37ClFN5O5. The number of imidazole rings is 1. The van der Waals surface area contributed by atoms with Crippen LogP contribution in [-0.4, -0.2) is 59.5 Å². The van der Waals surface area contributed by atoms with Gasteiger partial charge in [0.15, 0.2) is 17.3 Å². The average molecular weight is 662 g/mol. The Bertz CT molecular complexity index is 1840. The minimum Gasteiger partial charge on any atom is -0.465 e. The molecule has 1 N–H and O–H groups in total. The van der Waals surface area contributed by atoms with Crippen LogP contribution >= 0.6 is 11.6 Å². The number of rotatable bonds is 9. The number of carbonyl (C=O) groups excluding carboxylic acids is 1. The Kier molecular flexibility index (Phi) is 7.44. The minimum absolute atomic E-state index is 0.0349. The molecule has 0 bridgehead atoms. The van der Waals surface area contributed by atoms with Gasteiger partial charge in [-0.1, -0.05) is 17.7 Å². The number of esters is 1. The number of ether oxygens (including phenoxy) is 4. The SMILES string of the molecule is CCOC(=O)CNc1cc(F)c2nc([C@@H]3CC34CCN(c3cccc5c3OC(C)(c3ccc(Cl)cn3)O5)CC4)n(C[C@@H]3CCO3)c2c1. The Hall–Kier alpha value is -4.09. The first-order valence-corrected chi connectivity index (χ1v) is 16.7. The van der Waals surface area contributed by atoms with E-state index in [9.17, 15) is 4.79 Å². The lowest BCUT2D eigenvalue weighted by Gasteiger charge is -2.35. The molecule has 47 heavy (non-hydrogen) atoms. The summed E-state index contributed by atoms with van der Waals surface area (Å²) >= 11 is 6.07. The van der Waals surface area contributed by atoms with E-state index in [1.807, 2.05) is 31.2 Å². The quantitative estimate of drug-likeness (QED) is 0.204. The van der Waals surface area contributed by atoms with Crippen LogP contribution < -0.4 is 19.7 Å². The number of hydrogen-bond acceptors (Lipinski definition) is 9. The number of pyridine rings is 1. The lowest BCUT2D eigenvalue weighted by atomic mass is 9.90. The predicted molar refractivity (Wildman–Crippen MR) is 175 cm³/mol. The van der Waals surface area contributed by atoms with Crippen molar-refractivity contribution in [3.05, 3.63) is 71.0 Å². The molecule has 3 fully saturated rings. The highest BCUT2D eigenvalue weighted by molar-refractivity contribution is 6.30. The van der Waals surface area contributed by atoms with E-state index in [4.69, 9.17) is 35.5 Å². The molecule has 2 saturated heterocycles. The summed E-state index contributed by atoms with van der Waals surface area (Å²) in [7, 11) is 0. The minimum atomic E-state index is -1.05. The fourth-order valence-electron chi connectivity index (χ4n) is 7.35. The van der Waals surface area contributed by atoms with Crippen molar-refractivity contribution in [2.24, 2.45) is 5.41 Å². The van der Waals surface area contributed by atoms with Crippen molar-refractivity contribution in [2.45, 2.75) is 63.9 Å². The Morgan fingerprint density at radius 3 is 2.74 bits per heavy atom. The van der Waals surface area contributed by atoms with Gasteiger partial charge < -0.3 is 33.7 Å². The number of nitrogens with zero attached hydrogens (tertiary/aromatic N) is 4. The molecule has 1 unspecified atom stereocenters. The van der Waals surface area contributed by atoms with Crippen LogP contribution in [0.4, 0.5) is 15.8 Å². The van der Waals surface area contributed by atoms with Crippen molar-refractivity contribution >= 4 is 40.0 Å². The van der Waals surface area contributed by atoms with Gasteiger partial charge >= 0.3 is 5.97 Å². The first kappa shape index (κ1) is 30.3. The van der Waals surface area contributed by atoms with Gasteiger partial charge in [-0.15, -0.1) is 0 Å². The normalized spacial score (nSPS) is 24.0. The molecule has 3 atom stereocenters. The smallest absolute Gasteiger partial charge is 0.325 e. The number of fused-ring (bicyclic) bond motifs is 2. The average Bonchev–Trinajstić information content (AvgIpc) is 3.40. The molecule has 5 heterocycles. The van der Waals surface area contributed by atoms with Crippen molar-refractivity contribution in [3.8, 4) is 11.5 Å². The number of para-hydroxylation sites is 1. The summed E-state index contributed by atoms with van der Waals surface area (Å²) in [5.74, 6) is 0.726. The summed E-state index contributed by atoms with van der Waals surface area (Å²) in [6.07, 6.45) is 5.62. The van der Waals surface area contributed by atoms with Gasteiger partial charge in [-0.05, 0) is 74.4 Å². The zero-order valence-corrected chi connectivity index (χ0v) is 27.2. The third-order valence-corrected chi connectivity index (χ3v) is 10.3. The van der Waals surface area contributed by atoms with Crippen LogP contribution in [0.2, 0.25) is 5.02 Å². The van der Waals surface area contributed by atoms with Crippen molar-refractivity contribution in [2.75, 3.05) is 43.1 Å². The molecule has 4 aliphatic rings. The molecule has 3 aliphatic heterocycles. The molecule has 4 aromatic rings. The molecule has 12 heteroatoms. The van der Waals surface area contributed by atoms with E-state index in [-0.39, 0.29) is 30.0 Å². The van der Waals surface area contributed by atoms with Crippen molar-refractivity contribution in [3.63, 3.8) is 0 Å². The van der Waals surface area contributed by atoms with Crippen LogP contribution in [0, 0.1) is 11.2 Å². The summed E-state index contributed by atoms with van der Waals surface area (Å²) < 4.78 is 41.2. The third kappa shape index (κ3) is 5.43. The molecule has 0 radical (unpaired) electrons. The number of anilines is 2. The maximum atomic E-state index is 15.5. The summed E-state index contributed by atoms with van der Waals surface area (Å²) in [5.41, 5.74) is 3.36. The summed E-state index contributed by atoms with van der Waals surface area (Å²) in [4.78, 5) is 23.7. The zero-order chi connectivity index (χ0) is 32.3. The monoisotopic (exact) mass is 661 g/mol. The molecule has 1 saturated carbocycles. The van der Waals surface area contributed by atoms with Crippen molar-refractivity contribution in [1.29, 1.82) is 0 Å². The lowest BCUT2D eigenvalue weighted by molar-refractivity contribution is -0.140. The largest absolute Gasteiger partial charge is 0.465 e. The Morgan fingerprint density at radius 2 is 2.02 bits per heavy atom. The van der Waals surface area contributed by atoms with Crippen LogP contribution in [0.25, 0.3) is 11.0 Å². The fraction of sp³-hybridized carbons (Fsp3) is 0.457. The predicted octanol–water partition coefficient (Wildman–Crippen LogP) is 6.41. The number of aromatic nitrogens is 3. The van der Waals surface area contributed by atoms with Crippen LogP contribution in [0.15, 0.2) is 48.7 Å². The van der Waals surface area contributed by atoms with Gasteiger partial charge in [0, 0.05) is 44.4 Å². The van der Waals surface area contributed by atoms with Gasteiger partial charge in [0.1, 0.15) is 23.6 Å². The molecule has 246 valence electrons. The second-order valence-corrected chi connectivity index (χ2v) is 13.5. The Labute approximate surface area is 277 Å². The molecular weight excluding hydrogens is 625 g/mol. The van der Waals surface area contributed by atoms with Gasteiger partial charge in [0.05, 0.1) is 35.5 Å². The van der Waals surface area contributed by atoms with E-state index in [0.29, 0.717) is 40.8 Å².